The maximum absolute atomic E-state index is 10.9. The Morgan fingerprint density at radius 1 is 1.22 bits per heavy atom. The molecule has 1 aliphatic heterocycles. The lowest BCUT2D eigenvalue weighted by atomic mass is 9.74. The van der Waals surface area contributed by atoms with Gasteiger partial charge in [-0.25, -0.2) is 0 Å². The lowest BCUT2D eigenvalue weighted by molar-refractivity contribution is -0.143. The number of rotatable bonds is 3. The number of hydrogen-bond acceptors (Lipinski definition) is 3. The van der Waals surface area contributed by atoms with Crippen molar-refractivity contribution in [1.82, 2.24) is 4.90 Å². The van der Waals surface area contributed by atoms with Crippen LogP contribution < -0.4 is 5.73 Å². The summed E-state index contributed by atoms with van der Waals surface area (Å²) in [7, 11) is 2.17. The first-order chi connectivity index (χ1) is 8.58. The number of hydrogen-bond donors (Lipinski definition) is 2. The molecule has 0 aromatic carbocycles. The van der Waals surface area contributed by atoms with Gasteiger partial charge in [0.15, 0.2) is 0 Å². The molecule has 4 heteroatoms. The van der Waals surface area contributed by atoms with Crippen LogP contribution in [0.25, 0.3) is 0 Å². The molecule has 2 fully saturated rings. The maximum atomic E-state index is 10.9. The fraction of sp³-hybridized carbons (Fsp3) is 0.929. The van der Waals surface area contributed by atoms with Gasteiger partial charge in [-0.2, -0.15) is 0 Å². The van der Waals surface area contributed by atoms with Gasteiger partial charge in [-0.05, 0) is 64.0 Å². The molecule has 1 aliphatic carbocycles. The number of nitrogens with zero attached hydrogens (tertiary/aromatic N) is 1. The van der Waals surface area contributed by atoms with Crippen LogP contribution in [-0.2, 0) is 4.79 Å². The summed E-state index contributed by atoms with van der Waals surface area (Å²) in [5.41, 5.74) is 6.43. The van der Waals surface area contributed by atoms with Gasteiger partial charge in [-0.3, -0.25) is 4.79 Å². The van der Waals surface area contributed by atoms with Crippen molar-refractivity contribution in [3.8, 4) is 0 Å². The number of carboxylic acid groups (broad SMARTS) is 1. The van der Waals surface area contributed by atoms with Crippen molar-refractivity contribution in [3.63, 3.8) is 0 Å². The average Bonchev–Trinajstić information content (AvgIpc) is 2.38. The monoisotopic (exact) mass is 254 g/mol. The summed E-state index contributed by atoms with van der Waals surface area (Å²) in [6, 6.07) is 0.266. The van der Waals surface area contributed by atoms with Gasteiger partial charge in [0, 0.05) is 12.6 Å². The van der Waals surface area contributed by atoms with Gasteiger partial charge >= 0.3 is 5.97 Å². The minimum atomic E-state index is -0.626. The minimum Gasteiger partial charge on any atom is -0.481 e. The lowest BCUT2D eigenvalue weighted by Crippen LogP contribution is -2.46. The Bertz CT molecular complexity index is 288. The van der Waals surface area contributed by atoms with Crippen LogP contribution in [0.15, 0.2) is 0 Å². The van der Waals surface area contributed by atoms with Gasteiger partial charge in [0.2, 0.25) is 0 Å². The molecule has 0 bridgehead atoms. The van der Waals surface area contributed by atoms with E-state index in [-0.39, 0.29) is 12.0 Å². The molecule has 2 atom stereocenters. The fourth-order valence-corrected chi connectivity index (χ4v) is 3.66. The maximum Gasteiger partial charge on any atom is 0.306 e. The summed E-state index contributed by atoms with van der Waals surface area (Å²) in [5.74, 6) is 0.397. The second-order valence-electron chi connectivity index (χ2n) is 6.19. The SMILES string of the molecule is CN1CCCC(C(N)C2CCC(C(=O)O)CC2)C1. The summed E-state index contributed by atoms with van der Waals surface area (Å²) >= 11 is 0. The van der Waals surface area contributed by atoms with Gasteiger partial charge in [-0.15, -0.1) is 0 Å². The van der Waals surface area contributed by atoms with E-state index in [9.17, 15) is 4.79 Å². The molecule has 3 N–H and O–H groups in total. The molecular weight excluding hydrogens is 228 g/mol. The minimum absolute atomic E-state index is 0.123. The van der Waals surface area contributed by atoms with Crippen LogP contribution in [0, 0.1) is 17.8 Å². The Hall–Kier alpha value is -0.610. The van der Waals surface area contributed by atoms with E-state index in [0.717, 1.165) is 32.2 Å². The van der Waals surface area contributed by atoms with Crippen LogP contribution in [0.3, 0.4) is 0 Å². The van der Waals surface area contributed by atoms with Crippen molar-refractivity contribution in [1.29, 1.82) is 0 Å². The van der Waals surface area contributed by atoms with Gasteiger partial charge in [0.1, 0.15) is 0 Å². The first-order valence-electron chi connectivity index (χ1n) is 7.25. The molecule has 1 saturated carbocycles. The highest BCUT2D eigenvalue weighted by atomic mass is 16.4. The molecule has 4 nitrogen and oxygen atoms in total. The zero-order valence-corrected chi connectivity index (χ0v) is 11.3. The molecule has 0 aromatic rings. The third-order valence-electron chi connectivity index (χ3n) is 4.87. The van der Waals surface area contributed by atoms with E-state index >= 15 is 0 Å². The molecule has 0 amide bonds. The largest absolute Gasteiger partial charge is 0.481 e. The van der Waals surface area contributed by atoms with Crippen molar-refractivity contribution in [2.45, 2.75) is 44.6 Å². The summed E-state index contributed by atoms with van der Waals surface area (Å²) in [4.78, 5) is 13.3. The summed E-state index contributed by atoms with van der Waals surface area (Å²) in [5, 5.41) is 9.01. The van der Waals surface area contributed by atoms with Gasteiger partial charge in [0.05, 0.1) is 5.92 Å². The molecule has 2 unspecified atom stereocenters. The van der Waals surface area contributed by atoms with Gasteiger partial charge in [-0.1, -0.05) is 0 Å². The van der Waals surface area contributed by atoms with E-state index in [2.05, 4.69) is 11.9 Å². The first-order valence-corrected chi connectivity index (χ1v) is 7.25. The molecule has 18 heavy (non-hydrogen) atoms. The zero-order chi connectivity index (χ0) is 13.1. The number of nitrogens with two attached hydrogens (primary N) is 1. The smallest absolute Gasteiger partial charge is 0.306 e. The number of aliphatic carboxylic acids is 1. The van der Waals surface area contributed by atoms with Crippen molar-refractivity contribution in [2.24, 2.45) is 23.5 Å². The predicted octanol–water partition coefficient (Wildman–Crippen LogP) is 1.55. The summed E-state index contributed by atoms with van der Waals surface area (Å²) in [6.07, 6.45) is 6.12. The Morgan fingerprint density at radius 2 is 1.89 bits per heavy atom. The van der Waals surface area contributed by atoms with E-state index in [1.807, 2.05) is 0 Å². The van der Waals surface area contributed by atoms with E-state index in [1.165, 1.54) is 19.4 Å². The van der Waals surface area contributed by atoms with Crippen LogP contribution in [0.2, 0.25) is 0 Å². The predicted molar refractivity (Wildman–Crippen MR) is 71.3 cm³/mol. The summed E-state index contributed by atoms with van der Waals surface area (Å²) in [6.45, 7) is 2.30. The van der Waals surface area contributed by atoms with Crippen molar-refractivity contribution in [3.05, 3.63) is 0 Å². The molecule has 1 saturated heterocycles. The quantitative estimate of drug-likeness (QED) is 0.802. The summed E-state index contributed by atoms with van der Waals surface area (Å²) < 4.78 is 0. The number of carboxylic acids is 1. The highest BCUT2D eigenvalue weighted by Gasteiger charge is 2.33. The number of piperidine rings is 1. The van der Waals surface area contributed by atoms with Crippen LogP contribution >= 0.6 is 0 Å². The number of likely N-dealkylation sites (tertiary alicyclic amines) is 1. The molecule has 0 radical (unpaired) electrons. The number of carbonyl (C=O) groups is 1. The fourth-order valence-electron chi connectivity index (χ4n) is 3.66. The van der Waals surface area contributed by atoms with Crippen molar-refractivity contribution in [2.75, 3.05) is 20.1 Å². The normalized spacial score (nSPS) is 36.2. The Labute approximate surface area is 110 Å². The van der Waals surface area contributed by atoms with E-state index < -0.39 is 5.97 Å². The third kappa shape index (κ3) is 3.23. The van der Waals surface area contributed by atoms with Crippen molar-refractivity contribution < 1.29 is 9.90 Å². The molecule has 104 valence electrons. The topological polar surface area (TPSA) is 66.6 Å². The Balaban J connectivity index is 1.83. The van der Waals surface area contributed by atoms with Crippen molar-refractivity contribution >= 4 is 5.97 Å². The molecule has 1 heterocycles. The molecular formula is C14H26N2O2. The van der Waals surface area contributed by atoms with Gasteiger partial charge < -0.3 is 15.7 Å². The molecule has 2 aliphatic rings. The molecule has 0 spiro atoms. The standard InChI is InChI=1S/C14H26N2O2/c1-16-8-2-3-12(9-16)13(15)10-4-6-11(7-5-10)14(17)18/h10-13H,2-9,15H2,1H3,(H,17,18). The lowest BCUT2D eigenvalue weighted by Gasteiger charge is -2.39. The highest BCUT2D eigenvalue weighted by Crippen LogP contribution is 2.34. The molecule has 0 aromatic heterocycles. The van der Waals surface area contributed by atoms with E-state index in [0.29, 0.717) is 11.8 Å². The Morgan fingerprint density at radius 3 is 2.44 bits per heavy atom. The molecule has 2 rings (SSSR count). The zero-order valence-electron chi connectivity index (χ0n) is 11.3. The van der Waals surface area contributed by atoms with Gasteiger partial charge in [0.25, 0.3) is 0 Å². The Kier molecular flexibility index (Phi) is 4.62. The van der Waals surface area contributed by atoms with E-state index in [4.69, 9.17) is 10.8 Å². The second kappa shape index (κ2) is 6.02. The van der Waals surface area contributed by atoms with Crippen LogP contribution in [0.5, 0.6) is 0 Å². The van der Waals surface area contributed by atoms with Crippen LogP contribution in [0.4, 0.5) is 0 Å². The van der Waals surface area contributed by atoms with E-state index in [1.54, 1.807) is 0 Å². The average molecular weight is 254 g/mol. The van der Waals surface area contributed by atoms with Crippen LogP contribution in [-0.4, -0.2) is 42.2 Å². The van der Waals surface area contributed by atoms with Crippen LogP contribution in [0.1, 0.15) is 38.5 Å². The first kappa shape index (κ1) is 13.8. The highest BCUT2D eigenvalue weighted by molar-refractivity contribution is 5.69. The second-order valence-corrected chi connectivity index (χ2v) is 6.19. The third-order valence-corrected chi connectivity index (χ3v) is 4.87.